The van der Waals surface area contributed by atoms with E-state index in [2.05, 4.69) is 4.98 Å². The molecular formula is C18H11F6N3O3S. The van der Waals surface area contributed by atoms with Crippen LogP contribution in [0.1, 0.15) is 26.4 Å². The molecule has 0 saturated heterocycles. The van der Waals surface area contributed by atoms with Gasteiger partial charge >= 0.3 is 12.4 Å². The minimum Gasteiger partial charge on any atom is -0.325 e. The van der Waals surface area contributed by atoms with Crippen molar-refractivity contribution in [3.63, 3.8) is 0 Å². The molecule has 0 atom stereocenters. The maximum absolute atomic E-state index is 12.9. The number of hydrogen-bond acceptors (Lipinski definition) is 5. The van der Waals surface area contributed by atoms with Gasteiger partial charge in [-0.2, -0.15) is 26.3 Å². The second-order valence-corrected chi connectivity index (χ2v) is 7.44. The van der Waals surface area contributed by atoms with Crippen molar-refractivity contribution in [2.24, 2.45) is 0 Å². The summed E-state index contributed by atoms with van der Waals surface area (Å²) < 4.78 is 78.4. The molecule has 6 nitrogen and oxygen atoms in total. The zero-order valence-electron chi connectivity index (χ0n) is 15.4. The van der Waals surface area contributed by atoms with Gasteiger partial charge in [-0.1, -0.05) is 0 Å². The Bertz CT molecular complexity index is 1210. The summed E-state index contributed by atoms with van der Waals surface area (Å²) in [5.74, 6) is -1.04. The monoisotopic (exact) mass is 463 g/mol. The maximum atomic E-state index is 12.9. The third-order valence-corrected chi connectivity index (χ3v) is 5.37. The Morgan fingerprint density at radius 1 is 1.13 bits per heavy atom. The predicted octanol–water partition coefficient (Wildman–Crippen LogP) is 4.26. The molecule has 164 valence electrons. The van der Waals surface area contributed by atoms with Gasteiger partial charge in [0.15, 0.2) is 6.29 Å². The minimum atomic E-state index is -5.07. The van der Waals surface area contributed by atoms with E-state index in [0.29, 0.717) is 24.0 Å². The number of thiophene rings is 1. The van der Waals surface area contributed by atoms with Gasteiger partial charge in [0.05, 0.1) is 27.7 Å². The Kier molecular flexibility index (Phi) is 5.65. The molecule has 0 fully saturated rings. The lowest BCUT2D eigenvalue weighted by Gasteiger charge is -2.15. The van der Waals surface area contributed by atoms with Crippen molar-refractivity contribution in [3.8, 4) is 0 Å². The molecule has 0 unspecified atom stereocenters. The standard InChI is InChI=1S/C18H11F6N3O3S/c1-8-12(6-28)31-15-14(8)16(30)27(7-25-15)5-13(29)26-11-3-9(17(19,20)21)2-10(4-11)18(22,23)24/h2-4,6-7H,5H2,1H3,(H,26,29). The van der Waals surface area contributed by atoms with Gasteiger partial charge in [0.2, 0.25) is 5.91 Å². The zero-order valence-corrected chi connectivity index (χ0v) is 16.2. The molecule has 0 saturated carbocycles. The van der Waals surface area contributed by atoms with Crippen LogP contribution in [0, 0.1) is 6.92 Å². The molecule has 2 heterocycles. The largest absolute Gasteiger partial charge is 0.416 e. The van der Waals surface area contributed by atoms with Crippen molar-refractivity contribution in [1.29, 1.82) is 0 Å². The number of hydrogen-bond donors (Lipinski definition) is 1. The second-order valence-electron chi connectivity index (χ2n) is 6.41. The van der Waals surface area contributed by atoms with Crippen molar-refractivity contribution >= 4 is 39.4 Å². The average molecular weight is 463 g/mol. The Balaban J connectivity index is 1.92. The van der Waals surface area contributed by atoms with Crippen LogP contribution in [0.5, 0.6) is 0 Å². The van der Waals surface area contributed by atoms with Gasteiger partial charge in [-0.25, -0.2) is 4.98 Å². The summed E-state index contributed by atoms with van der Waals surface area (Å²) >= 11 is 0.970. The summed E-state index contributed by atoms with van der Waals surface area (Å²) in [6, 6.07) is 0.648. The fraction of sp³-hybridized carbons (Fsp3) is 0.222. The van der Waals surface area contributed by atoms with Crippen molar-refractivity contribution in [2.45, 2.75) is 25.8 Å². The van der Waals surface area contributed by atoms with E-state index in [4.69, 9.17) is 0 Å². The number of aryl methyl sites for hydroxylation is 1. The Morgan fingerprint density at radius 3 is 2.23 bits per heavy atom. The number of carbonyl (C=O) groups excluding carboxylic acids is 2. The van der Waals surface area contributed by atoms with Crippen molar-refractivity contribution in [3.05, 3.63) is 56.4 Å². The minimum absolute atomic E-state index is 0.0675. The molecule has 0 radical (unpaired) electrons. The first-order chi connectivity index (χ1) is 14.3. The number of alkyl halides is 6. The van der Waals surface area contributed by atoms with Crippen LogP contribution in [0.25, 0.3) is 10.2 Å². The fourth-order valence-corrected chi connectivity index (χ4v) is 3.74. The van der Waals surface area contributed by atoms with E-state index in [1.807, 2.05) is 5.32 Å². The molecule has 13 heteroatoms. The molecule has 2 aromatic heterocycles. The highest BCUT2D eigenvalue weighted by atomic mass is 32.1. The summed E-state index contributed by atoms with van der Waals surface area (Å²) in [6.45, 7) is 0.794. The van der Waals surface area contributed by atoms with Crippen molar-refractivity contribution in [2.75, 3.05) is 5.32 Å². The molecule has 0 aliphatic rings. The number of anilines is 1. The summed E-state index contributed by atoms with van der Waals surface area (Å²) in [6.07, 6.45) is -8.59. The Morgan fingerprint density at radius 2 is 1.71 bits per heavy atom. The van der Waals surface area contributed by atoms with Crippen LogP contribution in [0.4, 0.5) is 32.0 Å². The molecule has 3 aromatic rings. The van der Waals surface area contributed by atoms with Gasteiger partial charge in [-0.05, 0) is 30.7 Å². The zero-order chi connectivity index (χ0) is 23.1. The lowest BCUT2D eigenvalue weighted by molar-refractivity contribution is -0.143. The van der Waals surface area contributed by atoms with Crippen LogP contribution in [-0.4, -0.2) is 21.7 Å². The van der Waals surface area contributed by atoms with Crippen molar-refractivity contribution < 1.29 is 35.9 Å². The maximum Gasteiger partial charge on any atom is 0.416 e. The van der Waals surface area contributed by atoms with Crippen LogP contribution in [0.15, 0.2) is 29.3 Å². The molecule has 0 aliphatic carbocycles. The van der Waals surface area contributed by atoms with E-state index in [9.17, 15) is 40.7 Å². The highest BCUT2D eigenvalue weighted by molar-refractivity contribution is 7.20. The lowest BCUT2D eigenvalue weighted by atomic mass is 10.1. The predicted molar refractivity (Wildman–Crippen MR) is 99.1 cm³/mol. The molecule has 1 N–H and O–H groups in total. The molecule has 31 heavy (non-hydrogen) atoms. The number of nitrogens with one attached hydrogen (secondary N) is 1. The molecule has 0 spiro atoms. The van der Waals surface area contributed by atoms with Gasteiger partial charge in [0.25, 0.3) is 5.56 Å². The van der Waals surface area contributed by atoms with Gasteiger partial charge in [-0.3, -0.25) is 19.0 Å². The number of aldehydes is 1. The molecule has 1 amide bonds. The summed E-state index contributed by atoms with van der Waals surface area (Å²) in [7, 11) is 0. The fourth-order valence-electron chi connectivity index (χ4n) is 2.78. The number of carbonyl (C=O) groups is 2. The van der Waals surface area contributed by atoms with E-state index < -0.39 is 47.2 Å². The van der Waals surface area contributed by atoms with Crippen LogP contribution in [-0.2, 0) is 23.7 Å². The van der Waals surface area contributed by atoms with Crippen LogP contribution >= 0.6 is 11.3 Å². The molecule has 3 rings (SSSR count). The Labute approximate surface area is 173 Å². The lowest BCUT2D eigenvalue weighted by Crippen LogP contribution is -2.28. The first-order valence-corrected chi connectivity index (χ1v) is 9.16. The van der Waals surface area contributed by atoms with Crippen LogP contribution < -0.4 is 10.9 Å². The first kappa shape index (κ1) is 22.5. The van der Waals surface area contributed by atoms with Gasteiger partial charge in [0, 0.05) is 5.69 Å². The van der Waals surface area contributed by atoms with Gasteiger partial charge in [0.1, 0.15) is 11.4 Å². The third-order valence-electron chi connectivity index (χ3n) is 4.25. The average Bonchev–Trinajstić information content (AvgIpc) is 2.99. The van der Waals surface area contributed by atoms with E-state index in [0.717, 1.165) is 22.2 Å². The highest BCUT2D eigenvalue weighted by Gasteiger charge is 2.37. The van der Waals surface area contributed by atoms with Crippen LogP contribution in [0.3, 0.4) is 0 Å². The smallest absolute Gasteiger partial charge is 0.325 e. The number of halogens is 6. The normalized spacial score (nSPS) is 12.2. The SMILES string of the molecule is Cc1c(C=O)sc2ncn(CC(=O)Nc3cc(C(F)(F)F)cc(C(F)(F)F)c3)c(=O)c12. The Hall–Kier alpha value is -3.22. The highest BCUT2D eigenvalue weighted by Crippen LogP contribution is 2.37. The quantitative estimate of drug-likeness (QED) is 0.463. The third kappa shape index (κ3) is 4.60. The van der Waals surface area contributed by atoms with E-state index in [1.54, 1.807) is 0 Å². The topological polar surface area (TPSA) is 81.1 Å². The number of amides is 1. The molecular weight excluding hydrogens is 452 g/mol. The first-order valence-electron chi connectivity index (χ1n) is 8.34. The number of rotatable bonds is 4. The number of nitrogens with zero attached hydrogens (tertiary/aromatic N) is 2. The van der Waals surface area contributed by atoms with Gasteiger partial charge < -0.3 is 5.32 Å². The van der Waals surface area contributed by atoms with E-state index in [-0.39, 0.29) is 21.2 Å². The molecule has 0 bridgehead atoms. The number of fused-ring (bicyclic) bond motifs is 1. The molecule has 0 aliphatic heterocycles. The van der Waals surface area contributed by atoms with Gasteiger partial charge in [-0.15, -0.1) is 11.3 Å². The molecule has 1 aromatic carbocycles. The van der Waals surface area contributed by atoms with Crippen LogP contribution in [0.2, 0.25) is 0 Å². The summed E-state index contributed by atoms with van der Waals surface area (Å²) in [5.41, 5.74) is -4.23. The van der Waals surface area contributed by atoms with Crippen molar-refractivity contribution in [1.82, 2.24) is 9.55 Å². The summed E-state index contributed by atoms with van der Waals surface area (Å²) in [4.78, 5) is 40.3. The number of aromatic nitrogens is 2. The second kappa shape index (κ2) is 7.80. The van der Waals surface area contributed by atoms with E-state index in [1.165, 1.54) is 6.92 Å². The van der Waals surface area contributed by atoms with E-state index >= 15 is 0 Å². The number of benzene rings is 1. The summed E-state index contributed by atoms with van der Waals surface area (Å²) in [5, 5.41) is 2.04.